The Labute approximate surface area is 96.6 Å². The minimum absolute atomic E-state index is 0.0135. The molecule has 1 aromatic heterocycles. The van der Waals surface area contributed by atoms with Gasteiger partial charge in [0, 0.05) is 6.20 Å². The van der Waals surface area contributed by atoms with Crippen molar-refractivity contribution in [3.8, 4) is 0 Å². The lowest BCUT2D eigenvalue weighted by Crippen LogP contribution is -2.28. The minimum atomic E-state index is -0.495. The molecule has 2 heterocycles. The second kappa shape index (κ2) is 4.40. The summed E-state index contributed by atoms with van der Waals surface area (Å²) in [7, 11) is 0. The van der Waals surface area contributed by atoms with E-state index in [1.807, 2.05) is 0 Å². The van der Waals surface area contributed by atoms with Crippen molar-refractivity contribution in [2.45, 2.75) is 25.2 Å². The fraction of sp³-hybridized carbons (Fsp3) is 0.556. The number of halogens is 1. The Bertz CT molecular complexity index is 448. The van der Waals surface area contributed by atoms with Crippen LogP contribution < -0.4 is 11.4 Å². The van der Waals surface area contributed by atoms with Crippen molar-refractivity contribution in [1.29, 1.82) is 0 Å². The summed E-state index contributed by atoms with van der Waals surface area (Å²) >= 11 is 5.78. The van der Waals surface area contributed by atoms with Crippen molar-refractivity contribution in [3.05, 3.63) is 21.7 Å². The van der Waals surface area contributed by atoms with Crippen LogP contribution in [0.4, 0.5) is 5.82 Å². The molecule has 0 amide bonds. The summed E-state index contributed by atoms with van der Waals surface area (Å²) in [5.74, 6) is 0.0135. The van der Waals surface area contributed by atoms with Crippen molar-refractivity contribution in [3.63, 3.8) is 0 Å². The summed E-state index contributed by atoms with van der Waals surface area (Å²) in [6, 6.07) is 0. The first kappa shape index (κ1) is 11.4. The van der Waals surface area contributed by atoms with E-state index < -0.39 is 11.9 Å². The second-order valence-corrected chi connectivity index (χ2v) is 4.04. The molecule has 2 rings (SSSR count). The molecule has 16 heavy (non-hydrogen) atoms. The van der Waals surface area contributed by atoms with Crippen LogP contribution in [0.2, 0.25) is 5.02 Å². The monoisotopic (exact) mass is 245 g/mol. The average Bonchev–Trinajstić information content (AvgIpc) is 2.71. The van der Waals surface area contributed by atoms with Gasteiger partial charge >= 0.3 is 5.69 Å². The molecule has 6 nitrogen and oxygen atoms in total. The van der Waals surface area contributed by atoms with Gasteiger partial charge in [-0.3, -0.25) is 4.57 Å². The van der Waals surface area contributed by atoms with Crippen LogP contribution in [0.25, 0.3) is 0 Å². The number of nitrogens with zero attached hydrogens (tertiary/aromatic N) is 2. The Morgan fingerprint density at radius 2 is 2.44 bits per heavy atom. The first-order valence-corrected chi connectivity index (χ1v) is 5.30. The molecule has 88 valence electrons. The molecular weight excluding hydrogens is 234 g/mol. The molecule has 0 saturated carbocycles. The van der Waals surface area contributed by atoms with Crippen LogP contribution in [0.15, 0.2) is 11.0 Å². The fourth-order valence-electron chi connectivity index (χ4n) is 1.69. The predicted octanol–water partition coefficient (Wildman–Crippen LogP) is 0.149. The zero-order chi connectivity index (χ0) is 11.7. The van der Waals surface area contributed by atoms with E-state index in [9.17, 15) is 4.79 Å². The Morgan fingerprint density at radius 1 is 1.69 bits per heavy atom. The lowest BCUT2D eigenvalue weighted by Gasteiger charge is -2.14. The van der Waals surface area contributed by atoms with E-state index in [2.05, 4.69) is 4.98 Å². The summed E-state index contributed by atoms with van der Waals surface area (Å²) < 4.78 is 6.75. The molecule has 1 fully saturated rings. The quantitative estimate of drug-likeness (QED) is 0.774. The molecule has 1 aromatic rings. The van der Waals surface area contributed by atoms with Gasteiger partial charge < -0.3 is 15.6 Å². The summed E-state index contributed by atoms with van der Waals surface area (Å²) in [4.78, 5) is 15.1. The number of hydrogen-bond donors (Lipinski definition) is 2. The Morgan fingerprint density at radius 3 is 3.06 bits per heavy atom. The third kappa shape index (κ3) is 2.04. The number of anilines is 1. The van der Waals surface area contributed by atoms with Gasteiger partial charge in [0.2, 0.25) is 0 Å². The van der Waals surface area contributed by atoms with E-state index in [0.717, 1.165) is 0 Å². The largest absolute Gasteiger partial charge is 0.394 e. The van der Waals surface area contributed by atoms with Gasteiger partial charge in [-0.25, -0.2) is 4.79 Å². The molecule has 0 radical (unpaired) electrons. The van der Waals surface area contributed by atoms with E-state index in [-0.39, 0.29) is 23.6 Å². The van der Waals surface area contributed by atoms with Crippen molar-refractivity contribution in [2.24, 2.45) is 0 Å². The Kier molecular flexibility index (Phi) is 3.13. The maximum atomic E-state index is 11.5. The van der Waals surface area contributed by atoms with Gasteiger partial charge in [0.05, 0.1) is 17.7 Å². The van der Waals surface area contributed by atoms with E-state index >= 15 is 0 Å². The number of aliphatic hydroxyl groups excluding tert-OH is 1. The summed E-state index contributed by atoms with van der Waals surface area (Å²) in [6.07, 6.45) is 2.11. The van der Waals surface area contributed by atoms with Crippen LogP contribution in [-0.2, 0) is 4.74 Å². The number of aromatic nitrogens is 2. The standard InChI is InChI=1S/C9H12ClN3O3/c10-6-3-13(9(15)12-8(6)11)7-2-1-5(4-14)16-7/h3,5,7,14H,1-2,4H2,(H2,11,12,15)/t5-,7+/m1/s1. The van der Waals surface area contributed by atoms with E-state index in [4.69, 9.17) is 27.2 Å². The zero-order valence-electron chi connectivity index (χ0n) is 8.47. The zero-order valence-corrected chi connectivity index (χ0v) is 9.22. The Balaban J connectivity index is 2.28. The third-order valence-electron chi connectivity index (χ3n) is 2.53. The van der Waals surface area contributed by atoms with Gasteiger partial charge in [0.1, 0.15) is 12.0 Å². The maximum Gasteiger partial charge on any atom is 0.351 e. The maximum absolute atomic E-state index is 11.5. The molecule has 0 aliphatic carbocycles. The normalized spacial score (nSPS) is 24.9. The molecule has 0 bridgehead atoms. The summed E-state index contributed by atoms with van der Waals surface area (Å²) in [5.41, 5.74) is 4.91. The van der Waals surface area contributed by atoms with E-state index in [1.165, 1.54) is 10.8 Å². The van der Waals surface area contributed by atoms with Gasteiger partial charge in [-0.05, 0) is 12.8 Å². The van der Waals surface area contributed by atoms with Gasteiger partial charge in [-0.1, -0.05) is 11.6 Å². The molecule has 0 unspecified atom stereocenters. The second-order valence-electron chi connectivity index (χ2n) is 3.64. The van der Waals surface area contributed by atoms with Crippen molar-refractivity contribution in [1.82, 2.24) is 9.55 Å². The summed E-state index contributed by atoms with van der Waals surface area (Å²) in [5, 5.41) is 9.14. The molecule has 0 spiro atoms. The van der Waals surface area contributed by atoms with Crippen molar-refractivity contribution >= 4 is 17.4 Å². The fourth-order valence-corrected chi connectivity index (χ4v) is 1.84. The highest BCUT2D eigenvalue weighted by molar-refractivity contribution is 6.32. The first-order valence-electron chi connectivity index (χ1n) is 4.92. The highest BCUT2D eigenvalue weighted by Gasteiger charge is 2.27. The van der Waals surface area contributed by atoms with E-state index in [0.29, 0.717) is 12.8 Å². The number of rotatable bonds is 2. The average molecular weight is 246 g/mol. The van der Waals surface area contributed by atoms with Crippen molar-refractivity contribution in [2.75, 3.05) is 12.3 Å². The number of nitrogen functional groups attached to an aromatic ring is 1. The molecule has 3 N–H and O–H groups in total. The number of nitrogens with two attached hydrogens (primary N) is 1. The van der Waals surface area contributed by atoms with Crippen LogP contribution in [0.3, 0.4) is 0 Å². The number of aliphatic hydroxyl groups is 1. The van der Waals surface area contributed by atoms with Gasteiger partial charge in [-0.2, -0.15) is 4.98 Å². The van der Waals surface area contributed by atoms with Gasteiger partial charge in [0.15, 0.2) is 0 Å². The van der Waals surface area contributed by atoms with Crippen LogP contribution in [0.5, 0.6) is 0 Å². The van der Waals surface area contributed by atoms with Crippen LogP contribution in [-0.4, -0.2) is 27.4 Å². The van der Waals surface area contributed by atoms with Crippen LogP contribution in [0, 0.1) is 0 Å². The molecule has 1 saturated heterocycles. The highest BCUT2D eigenvalue weighted by Crippen LogP contribution is 2.27. The first-order chi connectivity index (χ1) is 7.61. The molecule has 1 aliphatic heterocycles. The van der Waals surface area contributed by atoms with E-state index in [1.54, 1.807) is 0 Å². The molecule has 2 atom stereocenters. The smallest absolute Gasteiger partial charge is 0.351 e. The molecular formula is C9H12ClN3O3. The minimum Gasteiger partial charge on any atom is -0.394 e. The predicted molar refractivity (Wildman–Crippen MR) is 58.1 cm³/mol. The van der Waals surface area contributed by atoms with Gasteiger partial charge in [0.25, 0.3) is 0 Å². The number of hydrogen-bond acceptors (Lipinski definition) is 5. The SMILES string of the molecule is Nc1nc(=O)n([C@@H]2CC[C@H](CO)O2)cc1Cl. The molecule has 1 aliphatic rings. The number of ether oxygens (including phenoxy) is 1. The van der Waals surface area contributed by atoms with Crippen LogP contribution >= 0.6 is 11.6 Å². The highest BCUT2D eigenvalue weighted by atomic mass is 35.5. The Hall–Kier alpha value is -1.11. The van der Waals surface area contributed by atoms with Gasteiger partial charge in [-0.15, -0.1) is 0 Å². The molecule has 0 aromatic carbocycles. The van der Waals surface area contributed by atoms with Crippen molar-refractivity contribution < 1.29 is 9.84 Å². The summed E-state index contributed by atoms with van der Waals surface area (Å²) in [6.45, 7) is -0.0542. The third-order valence-corrected chi connectivity index (χ3v) is 2.82. The topological polar surface area (TPSA) is 90.4 Å². The lowest BCUT2D eigenvalue weighted by molar-refractivity contribution is -0.0245. The molecule has 7 heteroatoms. The van der Waals surface area contributed by atoms with Crippen LogP contribution in [0.1, 0.15) is 19.1 Å². The lowest BCUT2D eigenvalue weighted by atomic mass is 10.2.